The maximum Gasteiger partial charge on any atom is 0.146 e. The molecular formula is C17H23NO2. The van der Waals surface area contributed by atoms with E-state index in [2.05, 4.69) is 32.9 Å². The third-order valence-electron chi connectivity index (χ3n) is 3.37. The van der Waals surface area contributed by atoms with Crippen LogP contribution in [0, 0.1) is 6.92 Å². The van der Waals surface area contributed by atoms with Crippen LogP contribution < -0.4 is 10.5 Å². The van der Waals surface area contributed by atoms with Crippen LogP contribution in [0.3, 0.4) is 0 Å². The lowest BCUT2D eigenvalue weighted by Crippen LogP contribution is -2.10. The highest BCUT2D eigenvalue weighted by molar-refractivity contribution is 5.32. The maximum absolute atomic E-state index is 5.81. The van der Waals surface area contributed by atoms with E-state index < -0.39 is 0 Å². The number of aryl methyl sites for hydroxylation is 1. The first-order valence-corrected chi connectivity index (χ1v) is 6.92. The molecule has 0 saturated heterocycles. The van der Waals surface area contributed by atoms with Gasteiger partial charge in [-0.1, -0.05) is 32.9 Å². The van der Waals surface area contributed by atoms with Gasteiger partial charge in [0, 0.05) is 12.1 Å². The van der Waals surface area contributed by atoms with Crippen LogP contribution in [-0.2, 0) is 18.6 Å². The standard InChI is InChI=1S/C17H23NO2/c1-12-13(10-18)8-16(20-12)11-19-15-7-5-6-14(9-15)17(2,3)4/h5-9H,10-11,18H2,1-4H3. The van der Waals surface area contributed by atoms with Gasteiger partial charge in [0.05, 0.1) is 0 Å². The highest BCUT2D eigenvalue weighted by Gasteiger charge is 2.14. The second kappa shape index (κ2) is 5.71. The van der Waals surface area contributed by atoms with Gasteiger partial charge >= 0.3 is 0 Å². The third-order valence-corrected chi connectivity index (χ3v) is 3.37. The summed E-state index contributed by atoms with van der Waals surface area (Å²) in [5, 5.41) is 0. The fourth-order valence-corrected chi connectivity index (χ4v) is 2.07. The topological polar surface area (TPSA) is 48.4 Å². The summed E-state index contributed by atoms with van der Waals surface area (Å²) in [6.07, 6.45) is 0. The van der Waals surface area contributed by atoms with Gasteiger partial charge in [0.15, 0.2) is 0 Å². The molecular weight excluding hydrogens is 250 g/mol. The predicted molar refractivity (Wildman–Crippen MR) is 80.8 cm³/mol. The molecule has 2 N–H and O–H groups in total. The number of nitrogens with two attached hydrogens (primary N) is 1. The molecule has 0 saturated carbocycles. The minimum atomic E-state index is 0.118. The van der Waals surface area contributed by atoms with Gasteiger partial charge in [-0.05, 0) is 36.1 Å². The van der Waals surface area contributed by atoms with Crippen LogP contribution in [0.5, 0.6) is 5.75 Å². The Balaban J connectivity index is 2.07. The normalized spacial score (nSPS) is 11.7. The first kappa shape index (κ1) is 14.7. The van der Waals surface area contributed by atoms with Crippen LogP contribution in [0.2, 0.25) is 0 Å². The summed E-state index contributed by atoms with van der Waals surface area (Å²) in [7, 11) is 0. The van der Waals surface area contributed by atoms with Crippen LogP contribution in [-0.4, -0.2) is 0 Å². The maximum atomic E-state index is 5.81. The second-order valence-corrected chi connectivity index (χ2v) is 6.06. The molecule has 2 aromatic rings. The monoisotopic (exact) mass is 273 g/mol. The van der Waals surface area contributed by atoms with E-state index in [4.69, 9.17) is 14.9 Å². The van der Waals surface area contributed by atoms with E-state index in [0.717, 1.165) is 22.8 Å². The minimum absolute atomic E-state index is 0.118. The average Bonchev–Trinajstić information content (AvgIpc) is 2.76. The Morgan fingerprint density at radius 1 is 1.20 bits per heavy atom. The van der Waals surface area contributed by atoms with E-state index >= 15 is 0 Å². The summed E-state index contributed by atoms with van der Waals surface area (Å²) in [5.74, 6) is 2.54. The zero-order valence-electron chi connectivity index (χ0n) is 12.7. The first-order chi connectivity index (χ1) is 9.40. The van der Waals surface area contributed by atoms with Gasteiger partial charge in [0.25, 0.3) is 0 Å². The molecule has 0 bridgehead atoms. The average molecular weight is 273 g/mol. The Morgan fingerprint density at radius 3 is 2.55 bits per heavy atom. The van der Waals surface area contributed by atoms with Crippen molar-refractivity contribution in [2.24, 2.45) is 5.73 Å². The molecule has 0 amide bonds. The van der Waals surface area contributed by atoms with Gasteiger partial charge < -0.3 is 14.9 Å². The van der Waals surface area contributed by atoms with Gasteiger partial charge in [0.2, 0.25) is 0 Å². The molecule has 3 heteroatoms. The van der Waals surface area contributed by atoms with Crippen LogP contribution >= 0.6 is 0 Å². The highest BCUT2D eigenvalue weighted by atomic mass is 16.5. The molecule has 2 rings (SSSR count). The molecule has 0 aliphatic carbocycles. The van der Waals surface area contributed by atoms with E-state index in [9.17, 15) is 0 Å². The molecule has 3 nitrogen and oxygen atoms in total. The van der Waals surface area contributed by atoms with Crippen molar-refractivity contribution in [1.82, 2.24) is 0 Å². The lowest BCUT2D eigenvalue weighted by molar-refractivity contribution is 0.267. The van der Waals surface area contributed by atoms with E-state index in [1.165, 1.54) is 5.56 Å². The second-order valence-electron chi connectivity index (χ2n) is 6.06. The fraction of sp³-hybridized carbons (Fsp3) is 0.412. The predicted octanol–water partition coefficient (Wildman–Crippen LogP) is 3.92. The van der Waals surface area contributed by atoms with E-state index in [1.807, 2.05) is 25.1 Å². The molecule has 0 aliphatic heterocycles. The number of furan rings is 1. The largest absolute Gasteiger partial charge is 0.486 e. The highest BCUT2D eigenvalue weighted by Crippen LogP contribution is 2.26. The molecule has 0 fully saturated rings. The molecule has 1 aromatic carbocycles. The van der Waals surface area contributed by atoms with Crippen molar-refractivity contribution in [2.75, 3.05) is 0 Å². The Kier molecular flexibility index (Phi) is 4.19. The number of hydrogen-bond acceptors (Lipinski definition) is 3. The summed E-state index contributed by atoms with van der Waals surface area (Å²) in [5.41, 5.74) is 8.05. The lowest BCUT2D eigenvalue weighted by Gasteiger charge is -2.19. The Hall–Kier alpha value is -1.74. The number of benzene rings is 1. The van der Waals surface area contributed by atoms with E-state index in [-0.39, 0.29) is 5.41 Å². The summed E-state index contributed by atoms with van der Waals surface area (Å²) in [6, 6.07) is 10.2. The molecule has 108 valence electrons. The van der Waals surface area contributed by atoms with Crippen molar-refractivity contribution in [3.8, 4) is 5.75 Å². The van der Waals surface area contributed by atoms with Gasteiger partial charge in [-0.25, -0.2) is 0 Å². The molecule has 20 heavy (non-hydrogen) atoms. The number of ether oxygens (including phenoxy) is 1. The summed E-state index contributed by atoms with van der Waals surface area (Å²) < 4.78 is 11.4. The van der Waals surface area contributed by atoms with Crippen molar-refractivity contribution in [2.45, 2.75) is 46.3 Å². The van der Waals surface area contributed by atoms with E-state index in [0.29, 0.717) is 13.2 Å². The number of rotatable bonds is 4. The van der Waals surface area contributed by atoms with Crippen LogP contribution in [0.1, 0.15) is 43.4 Å². The summed E-state index contributed by atoms with van der Waals surface area (Å²) in [4.78, 5) is 0. The Bertz CT molecular complexity index is 579. The van der Waals surface area contributed by atoms with Gasteiger partial charge in [-0.3, -0.25) is 0 Å². The smallest absolute Gasteiger partial charge is 0.146 e. The molecule has 0 unspecified atom stereocenters. The van der Waals surface area contributed by atoms with Crippen LogP contribution in [0.25, 0.3) is 0 Å². The lowest BCUT2D eigenvalue weighted by atomic mass is 9.87. The van der Waals surface area contributed by atoms with Crippen molar-refractivity contribution >= 4 is 0 Å². The molecule has 0 spiro atoms. The van der Waals surface area contributed by atoms with Crippen molar-refractivity contribution in [3.05, 3.63) is 53.0 Å². The van der Waals surface area contributed by atoms with Crippen molar-refractivity contribution < 1.29 is 9.15 Å². The van der Waals surface area contributed by atoms with Crippen molar-refractivity contribution in [1.29, 1.82) is 0 Å². The minimum Gasteiger partial charge on any atom is -0.486 e. The fourth-order valence-electron chi connectivity index (χ4n) is 2.07. The Morgan fingerprint density at radius 2 is 1.95 bits per heavy atom. The summed E-state index contributed by atoms with van der Waals surface area (Å²) in [6.45, 7) is 9.41. The summed E-state index contributed by atoms with van der Waals surface area (Å²) >= 11 is 0. The van der Waals surface area contributed by atoms with Gasteiger partial charge in [0.1, 0.15) is 23.9 Å². The first-order valence-electron chi connectivity index (χ1n) is 6.92. The van der Waals surface area contributed by atoms with Gasteiger partial charge in [-0.2, -0.15) is 0 Å². The van der Waals surface area contributed by atoms with Gasteiger partial charge in [-0.15, -0.1) is 0 Å². The molecule has 0 radical (unpaired) electrons. The van der Waals surface area contributed by atoms with Crippen molar-refractivity contribution in [3.63, 3.8) is 0 Å². The SMILES string of the molecule is Cc1oc(COc2cccc(C(C)(C)C)c2)cc1CN. The van der Waals surface area contributed by atoms with E-state index in [1.54, 1.807) is 0 Å². The molecule has 0 aliphatic rings. The van der Waals surface area contributed by atoms with Crippen LogP contribution in [0.15, 0.2) is 34.7 Å². The zero-order chi connectivity index (χ0) is 14.8. The third kappa shape index (κ3) is 3.42. The zero-order valence-corrected chi connectivity index (χ0v) is 12.7. The number of hydrogen-bond donors (Lipinski definition) is 1. The quantitative estimate of drug-likeness (QED) is 0.918. The molecule has 0 atom stereocenters. The van der Waals surface area contributed by atoms with Crippen LogP contribution in [0.4, 0.5) is 0 Å². The Labute approximate surface area is 120 Å². The molecule has 1 heterocycles. The molecule has 1 aromatic heterocycles.